The SMILES string of the molecule is COCCCOc1c(CCl)cc(Cl)cc1OC. The van der Waals surface area contributed by atoms with Crippen molar-refractivity contribution in [1.82, 2.24) is 0 Å². The van der Waals surface area contributed by atoms with Gasteiger partial charge in [0.25, 0.3) is 0 Å². The Morgan fingerprint density at radius 3 is 2.53 bits per heavy atom. The van der Waals surface area contributed by atoms with E-state index in [2.05, 4.69) is 0 Å². The molecule has 0 amide bonds. The maximum absolute atomic E-state index is 5.95. The normalized spacial score (nSPS) is 10.4. The zero-order valence-corrected chi connectivity index (χ0v) is 11.5. The van der Waals surface area contributed by atoms with Crippen LogP contribution in [-0.2, 0) is 10.6 Å². The van der Waals surface area contributed by atoms with Gasteiger partial charge in [0.05, 0.1) is 19.6 Å². The summed E-state index contributed by atoms with van der Waals surface area (Å²) in [5.41, 5.74) is 0.827. The number of rotatable bonds is 7. The van der Waals surface area contributed by atoms with Crippen molar-refractivity contribution in [3.63, 3.8) is 0 Å². The number of methoxy groups -OCH3 is 2. The molecule has 1 aromatic carbocycles. The lowest BCUT2D eigenvalue weighted by atomic mass is 10.2. The van der Waals surface area contributed by atoms with Gasteiger partial charge in [-0.1, -0.05) is 11.6 Å². The van der Waals surface area contributed by atoms with E-state index in [9.17, 15) is 0 Å². The van der Waals surface area contributed by atoms with Gasteiger partial charge in [-0.2, -0.15) is 0 Å². The van der Waals surface area contributed by atoms with Crippen LogP contribution in [0.2, 0.25) is 5.02 Å². The average molecular weight is 279 g/mol. The molecular weight excluding hydrogens is 263 g/mol. The molecule has 17 heavy (non-hydrogen) atoms. The van der Waals surface area contributed by atoms with Gasteiger partial charge in [-0.25, -0.2) is 0 Å². The van der Waals surface area contributed by atoms with E-state index >= 15 is 0 Å². The molecule has 0 saturated carbocycles. The Hall–Kier alpha value is -0.640. The van der Waals surface area contributed by atoms with E-state index in [1.54, 1.807) is 26.4 Å². The summed E-state index contributed by atoms with van der Waals surface area (Å²) in [5.74, 6) is 1.59. The minimum atomic E-state index is 0.330. The van der Waals surface area contributed by atoms with E-state index in [1.807, 2.05) is 0 Å². The van der Waals surface area contributed by atoms with Crippen molar-refractivity contribution in [3.8, 4) is 11.5 Å². The molecule has 0 bridgehead atoms. The fourth-order valence-electron chi connectivity index (χ4n) is 1.41. The van der Waals surface area contributed by atoms with E-state index < -0.39 is 0 Å². The van der Waals surface area contributed by atoms with Gasteiger partial charge in [0.2, 0.25) is 0 Å². The molecule has 0 atom stereocenters. The minimum Gasteiger partial charge on any atom is -0.493 e. The molecule has 0 unspecified atom stereocenters. The molecule has 0 saturated heterocycles. The summed E-state index contributed by atoms with van der Waals surface area (Å²) in [4.78, 5) is 0. The summed E-state index contributed by atoms with van der Waals surface area (Å²) in [5, 5.41) is 0.585. The van der Waals surface area contributed by atoms with Crippen LogP contribution in [0.25, 0.3) is 0 Å². The summed E-state index contributed by atoms with van der Waals surface area (Å²) < 4.78 is 15.8. The smallest absolute Gasteiger partial charge is 0.165 e. The summed E-state index contributed by atoms with van der Waals surface area (Å²) in [6.45, 7) is 1.21. The van der Waals surface area contributed by atoms with Crippen molar-refractivity contribution in [2.75, 3.05) is 27.4 Å². The van der Waals surface area contributed by atoms with Crippen LogP contribution in [0.4, 0.5) is 0 Å². The van der Waals surface area contributed by atoms with Crippen LogP contribution in [-0.4, -0.2) is 27.4 Å². The standard InChI is InChI=1S/C12H16Cl2O3/c1-15-4-3-5-17-12-9(8-13)6-10(14)7-11(12)16-2/h6-7H,3-5,8H2,1-2H3. The maximum atomic E-state index is 5.95. The predicted molar refractivity (Wildman–Crippen MR) is 69.5 cm³/mol. The number of benzene rings is 1. The summed E-state index contributed by atoms with van der Waals surface area (Å²) in [6, 6.07) is 3.49. The first-order chi connectivity index (χ1) is 8.22. The molecular formula is C12H16Cl2O3. The molecule has 96 valence electrons. The Morgan fingerprint density at radius 2 is 1.94 bits per heavy atom. The third kappa shape index (κ3) is 4.26. The summed E-state index contributed by atoms with van der Waals surface area (Å²) >= 11 is 11.8. The van der Waals surface area contributed by atoms with Crippen LogP contribution < -0.4 is 9.47 Å². The van der Waals surface area contributed by atoms with Crippen LogP contribution in [0.3, 0.4) is 0 Å². The molecule has 1 aromatic rings. The monoisotopic (exact) mass is 278 g/mol. The van der Waals surface area contributed by atoms with Crippen LogP contribution in [0.5, 0.6) is 11.5 Å². The average Bonchev–Trinajstić information content (AvgIpc) is 2.35. The first kappa shape index (κ1) is 14.4. The summed E-state index contributed by atoms with van der Waals surface area (Å²) in [7, 11) is 3.23. The molecule has 0 aromatic heterocycles. The van der Waals surface area contributed by atoms with E-state index in [0.29, 0.717) is 35.6 Å². The maximum Gasteiger partial charge on any atom is 0.165 e. The molecule has 0 aliphatic carbocycles. The van der Waals surface area contributed by atoms with E-state index in [4.69, 9.17) is 37.4 Å². The van der Waals surface area contributed by atoms with Crippen LogP contribution in [0.15, 0.2) is 12.1 Å². The lowest BCUT2D eigenvalue weighted by Gasteiger charge is -2.14. The summed E-state index contributed by atoms with van der Waals surface area (Å²) in [6.07, 6.45) is 0.810. The van der Waals surface area contributed by atoms with Gasteiger partial charge >= 0.3 is 0 Å². The molecule has 1 rings (SSSR count). The Bertz CT molecular complexity index is 331. The Labute approximate surface area is 112 Å². The van der Waals surface area contributed by atoms with Gasteiger partial charge < -0.3 is 14.2 Å². The Kier molecular flexibility index (Phi) is 6.48. The van der Waals surface area contributed by atoms with Crippen LogP contribution >= 0.6 is 23.2 Å². The van der Waals surface area contributed by atoms with Crippen LogP contribution in [0.1, 0.15) is 12.0 Å². The zero-order valence-electron chi connectivity index (χ0n) is 9.96. The number of hydrogen-bond acceptors (Lipinski definition) is 3. The van der Waals surface area contributed by atoms with Gasteiger partial charge in [0.1, 0.15) is 0 Å². The molecule has 0 radical (unpaired) electrons. The van der Waals surface area contributed by atoms with Crippen molar-refractivity contribution in [3.05, 3.63) is 22.7 Å². The second-order valence-electron chi connectivity index (χ2n) is 3.42. The third-order valence-corrected chi connectivity index (χ3v) is 2.71. The largest absolute Gasteiger partial charge is 0.493 e. The van der Waals surface area contributed by atoms with Crippen molar-refractivity contribution < 1.29 is 14.2 Å². The number of ether oxygens (including phenoxy) is 3. The Morgan fingerprint density at radius 1 is 1.18 bits per heavy atom. The van der Waals surface area contributed by atoms with Gasteiger partial charge in [-0.15, -0.1) is 11.6 Å². The third-order valence-electron chi connectivity index (χ3n) is 2.20. The highest BCUT2D eigenvalue weighted by molar-refractivity contribution is 6.31. The van der Waals surface area contributed by atoms with E-state index in [1.165, 1.54) is 0 Å². The minimum absolute atomic E-state index is 0.330. The lowest BCUT2D eigenvalue weighted by molar-refractivity contribution is 0.170. The van der Waals surface area contributed by atoms with Crippen LogP contribution in [0, 0.1) is 0 Å². The zero-order chi connectivity index (χ0) is 12.7. The van der Waals surface area contributed by atoms with Crippen molar-refractivity contribution in [2.24, 2.45) is 0 Å². The highest BCUT2D eigenvalue weighted by atomic mass is 35.5. The fraction of sp³-hybridized carbons (Fsp3) is 0.500. The predicted octanol–water partition coefficient (Wildman–Crippen LogP) is 3.50. The second-order valence-corrected chi connectivity index (χ2v) is 4.13. The van der Waals surface area contributed by atoms with E-state index in [-0.39, 0.29) is 0 Å². The van der Waals surface area contributed by atoms with Gasteiger partial charge in [0.15, 0.2) is 11.5 Å². The molecule has 0 aliphatic heterocycles. The number of hydrogen-bond donors (Lipinski definition) is 0. The second kappa shape index (κ2) is 7.64. The van der Waals surface area contributed by atoms with Crippen molar-refractivity contribution >= 4 is 23.2 Å². The lowest BCUT2D eigenvalue weighted by Crippen LogP contribution is -2.04. The highest BCUT2D eigenvalue weighted by Gasteiger charge is 2.12. The fourth-order valence-corrected chi connectivity index (χ4v) is 1.84. The van der Waals surface area contributed by atoms with E-state index in [0.717, 1.165) is 12.0 Å². The van der Waals surface area contributed by atoms with Gasteiger partial charge in [-0.05, 0) is 6.07 Å². The molecule has 3 nitrogen and oxygen atoms in total. The molecule has 0 spiro atoms. The van der Waals surface area contributed by atoms with Crippen molar-refractivity contribution in [2.45, 2.75) is 12.3 Å². The molecule has 5 heteroatoms. The molecule has 0 N–H and O–H groups in total. The highest BCUT2D eigenvalue weighted by Crippen LogP contribution is 2.35. The first-order valence-corrected chi connectivity index (χ1v) is 6.18. The van der Waals surface area contributed by atoms with Gasteiger partial charge in [0, 0.05) is 36.8 Å². The number of alkyl halides is 1. The topological polar surface area (TPSA) is 27.7 Å². The first-order valence-electron chi connectivity index (χ1n) is 5.27. The van der Waals surface area contributed by atoms with Gasteiger partial charge in [-0.3, -0.25) is 0 Å². The molecule has 0 heterocycles. The molecule has 0 fully saturated rings. The van der Waals surface area contributed by atoms with Crippen molar-refractivity contribution in [1.29, 1.82) is 0 Å². The quantitative estimate of drug-likeness (QED) is 0.564. The Balaban J connectivity index is 2.79. The molecule has 0 aliphatic rings. The number of halogens is 2.